The van der Waals surface area contributed by atoms with Gasteiger partial charge < -0.3 is 14.8 Å². The van der Waals surface area contributed by atoms with Crippen LogP contribution in [0.3, 0.4) is 0 Å². The van der Waals surface area contributed by atoms with Crippen molar-refractivity contribution in [1.29, 1.82) is 0 Å². The number of nitrogens with one attached hydrogen (secondary N) is 1. The SMILES string of the molecule is CCn1cc(Oc2ccc(CNCCOC)cc2F)cn1. The van der Waals surface area contributed by atoms with Crippen molar-refractivity contribution in [3.05, 3.63) is 42.0 Å². The molecule has 21 heavy (non-hydrogen) atoms. The van der Waals surface area contributed by atoms with Gasteiger partial charge in [0.25, 0.3) is 0 Å². The van der Waals surface area contributed by atoms with Crippen LogP contribution >= 0.6 is 0 Å². The molecule has 0 saturated heterocycles. The van der Waals surface area contributed by atoms with E-state index in [-0.39, 0.29) is 11.6 Å². The number of benzene rings is 1. The second-order valence-electron chi connectivity index (χ2n) is 4.57. The normalized spacial score (nSPS) is 10.8. The molecule has 0 atom stereocenters. The Morgan fingerprint density at radius 2 is 2.24 bits per heavy atom. The molecule has 0 amide bonds. The smallest absolute Gasteiger partial charge is 0.166 e. The Labute approximate surface area is 123 Å². The van der Waals surface area contributed by atoms with E-state index < -0.39 is 0 Å². The van der Waals surface area contributed by atoms with Crippen LogP contribution in [0.25, 0.3) is 0 Å². The van der Waals surface area contributed by atoms with E-state index in [9.17, 15) is 4.39 Å². The number of aromatic nitrogens is 2. The number of hydrogen-bond donors (Lipinski definition) is 1. The van der Waals surface area contributed by atoms with Crippen LogP contribution in [0.5, 0.6) is 11.5 Å². The van der Waals surface area contributed by atoms with E-state index in [0.717, 1.165) is 18.7 Å². The first kappa shape index (κ1) is 15.5. The van der Waals surface area contributed by atoms with Gasteiger partial charge in [-0.05, 0) is 24.6 Å². The van der Waals surface area contributed by atoms with E-state index in [0.29, 0.717) is 18.9 Å². The molecule has 0 fully saturated rings. The predicted octanol–water partition coefficient (Wildman–Crippen LogP) is 2.57. The molecule has 0 aliphatic heterocycles. The number of aryl methyl sites for hydroxylation is 1. The van der Waals surface area contributed by atoms with Crippen molar-refractivity contribution in [2.75, 3.05) is 20.3 Å². The van der Waals surface area contributed by atoms with Gasteiger partial charge >= 0.3 is 0 Å². The fourth-order valence-electron chi connectivity index (χ4n) is 1.84. The number of rotatable bonds is 8. The van der Waals surface area contributed by atoms with Crippen LogP contribution in [-0.4, -0.2) is 30.0 Å². The topological polar surface area (TPSA) is 48.3 Å². The zero-order chi connectivity index (χ0) is 15.1. The number of methoxy groups -OCH3 is 1. The minimum absolute atomic E-state index is 0.200. The molecule has 1 heterocycles. The zero-order valence-corrected chi connectivity index (χ0v) is 12.3. The highest BCUT2D eigenvalue weighted by atomic mass is 19.1. The molecule has 0 spiro atoms. The monoisotopic (exact) mass is 293 g/mol. The van der Waals surface area contributed by atoms with E-state index >= 15 is 0 Å². The predicted molar refractivity (Wildman–Crippen MR) is 78.0 cm³/mol. The molecule has 2 aromatic rings. The summed E-state index contributed by atoms with van der Waals surface area (Å²) in [6.45, 7) is 4.67. The molecule has 0 radical (unpaired) electrons. The van der Waals surface area contributed by atoms with Gasteiger partial charge in [-0.2, -0.15) is 5.10 Å². The van der Waals surface area contributed by atoms with Crippen LogP contribution in [0.15, 0.2) is 30.6 Å². The lowest BCUT2D eigenvalue weighted by Crippen LogP contribution is -2.18. The Balaban J connectivity index is 1.95. The number of hydrogen-bond acceptors (Lipinski definition) is 4. The Kier molecular flexibility index (Phi) is 5.71. The lowest BCUT2D eigenvalue weighted by Gasteiger charge is -2.08. The van der Waals surface area contributed by atoms with E-state index in [1.54, 1.807) is 30.3 Å². The maximum atomic E-state index is 14.0. The number of nitrogens with zero attached hydrogens (tertiary/aromatic N) is 2. The molecule has 0 aliphatic rings. The van der Waals surface area contributed by atoms with Crippen molar-refractivity contribution in [1.82, 2.24) is 15.1 Å². The molecular formula is C15H20FN3O2. The maximum absolute atomic E-state index is 14.0. The number of ether oxygens (including phenoxy) is 2. The average Bonchev–Trinajstić information content (AvgIpc) is 2.94. The molecule has 0 saturated carbocycles. The fraction of sp³-hybridized carbons (Fsp3) is 0.400. The molecule has 0 unspecified atom stereocenters. The van der Waals surface area contributed by atoms with Crippen molar-refractivity contribution >= 4 is 0 Å². The van der Waals surface area contributed by atoms with E-state index in [2.05, 4.69) is 10.4 Å². The molecule has 1 N–H and O–H groups in total. The van der Waals surface area contributed by atoms with Crippen molar-refractivity contribution in [2.45, 2.75) is 20.0 Å². The highest BCUT2D eigenvalue weighted by Crippen LogP contribution is 2.24. The third-order valence-electron chi connectivity index (χ3n) is 2.97. The quantitative estimate of drug-likeness (QED) is 0.760. The summed E-state index contributed by atoms with van der Waals surface area (Å²) in [5.41, 5.74) is 0.861. The Bertz CT molecular complexity index is 572. The second-order valence-corrected chi connectivity index (χ2v) is 4.57. The highest BCUT2D eigenvalue weighted by molar-refractivity contribution is 5.33. The molecule has 6 heteroatoms. The first-order valence-corrected chi connectivity index (χ1v) is 6.91. The van der Waals surface area contributed by atoms with Crippen LogP contribution in [0, 0.1) is 5.82 Å². The molecule has 2 rings (SSSR count). The van der Waals surface area contributed by atoms with Gasteiger partial charge in [-0.15, -0.1) is 0 Å². The van der Waals surface area contributed by atoms with Gasteiger partial charge in [-0.1, -0.05) is 6.07 Å². The van der Waals surface area contributed by atoms with Crippen LogP contribution in [0.1, 0.15) is 12.5 Å². The van der Waals surface area contributed by atoms with Crippen molar-refractivity contribution in [2.24, 2.45) is 0 Å². The maximum Gasteiger partial charge on any atom is 0.166 e. The van der Waals surface area contributed by atoms with Crippen molar-refractivity contribution < 1.29 is 13.9 Å². The molecule has 1 aromatic heterocycles. The summed E-state index contributed by atoms with van der Waals surface area (Å²) in [6.07, 6.45) is 3.31. The average molecular weight is 293 g/mol. The van der Waals surface area contributed by atoms with Gasteiger partial charge in [0.2, 0.25) is 0 Å². The Hall–Kier alpha value is -1.92. The van der Waals surface area contributed by atoms with Gasteiger partial charge in [-0.3, -0.25) is 4.68 Å². The number of halogens is 1. The molecule has 0 aliphatic carbocycles. The third-order valence-corrected chi connectivity index (χ3v) is 2.97. The summed E-state index contributed by atoms with van der Waals surface area (Å²) in [4.78, 5) is 0. The van der Waals surface area contributed by atoms with Crippen molar-refractivity contribution in [3.63, 3.8) is 0 Å². The van der Waals surface area contributed by atoms with Crippen LogP contribution in [0.4, 0.5) is 4.39 Å². The summed E-state index contributed by atoms with van der Waals surface area (Å²) in [7, 11) is 1.65. The largest absolute Gasteiger partial charge is 0.451 e. The minimum atomic E-state index is -0.384. The third kappa shape index (κ3) is 4.54. The summed E-state index contributed by atoms with van der Waals surface area (Å²) in [6, 6.07) is 4.94. The summed E-state index contributed by atoms with van der Waals surface area (Å²) in [5.74, 6) is 0.346. The van der Waals surface area contributed by atoms with Crippen molar-refractivity contribution in [3.8, 4) is 11.5 Å². The highest BCUT2D eigenvalue weighted by Gasteiger charge is 2.07. The molecule has 0 bridgehead atoms. The van der Waals surface area contributed by atoms with Crippen LogP contribution in [0.2, 0.25) is 0 Å². The van der Waals surface area contributed by atoms with E-state index in [1.165, 1.54) is 6.07 Å². The minimum Gasteiger partial charge on any atom is -0.451 e. The van der Waals surface area contributed by atoms with Gasteiger partial charge in [0.1, 0.15) is 0 Å². The molecular weight excluding hydrogens is 273 g/mol. The van der Waals surface area contributed by atoms with Gasteiger partial charge in [-0.25, -0.2) is 4.39 Å². The van der Waals surface area contributed by atoms with Gasteiger partial charge in [0.15, 0.2) is 17.3 Å². The Morgan fingerprint density at radius 3 is 2.90 bits per heavy atom. The van der Waals surface area contributed by atoms with Crippen LogP contribution < -0.4 is 10.1 Å². The Morgan fingerprint density at radius 1 is 1.38 bits per heavy atom. The standard InChI is InChI=1S/C15H20FN3O2/c1-3-19-11-13(10-18-19)21-15-5-4-12(8-14(15)16)9-17-6-7-20-2/h4-5,8,10-11,17H,3,6-7,9H2,1-2H3. The molecule has 1 aromatic carbocycles. The van der Waals surface area contributed by atoms with E-state index in [1.807, 2.05) is 13.0 Å². The zero-order valence-electron chi connectivity index (χ0n) is 12.3. The van der Waals surface area contributed by atoms with Crippen LogP contribution in [-0.2, 0) is 17.8 Å². The van der Waals surface area contributed by atoms with E-state index in [4.69, 9.17) is 9.47 Å². The molecule has 114 valence electrons. The fourth-order valence-corrected chi connectivity index (χ4v) is 1.84. The molecule has 5 nitrogen and oxygen atoms in total. The summed E-state index contributed by atoms with van der Waals surface area (Å²) in [5, 5.41) is 7.25. The first-order valence-electron chi connectivity index (χ1n) is 6.91. The first-order chi connectivity index (χ1) is 10.2. The summed E-state index contributed by atoms with van der Waals surface area (Å²) >= 11 is 0. The lowest BCUT2D eigenvalue weighted by atomic mass is 10.2. The lowest BCUT2D eigenvalue weighted by molar-refractivity contribution is 0.199. The second kappa shape index (κ2) is 7.75. The van der Waals surface area contributed by atoms with Gasteiger partial charge in [0.05, 0.1) is 19.0 Å². The summed E-state index contributed by atoms with van der Waals surface area (Å²) < 4.78 is 26.1. The van der Waals surface area contributed by atoms with Gasteiger partial charge in [0, 0.05) is 26.7 Å².